The van der Waals surface area contributed by atoms with E-state index in [0.29, 0.717) is 17.0 Å². The van der Waals surface area contributed by atoms with E-state index in [0.717, 1.165) is 31.7 Å². The van der Waals surface area contributed by atoms with Gasteiger partial charge in [-0.15, -0.1) is 0 Å². The highest BCUT2D eigenvalue weighted by Crippen LogP contribution is 2.35. The van der Waals surface area contributed by atoms with Gasteiger partial charge in [0.1, 0.15) is 17.7 Å². The van der Waals surface area contributed by atoms with Crippen molar-refractivity contribution in [3.05, 3.63) is 65.0 Å². The number of nitrogens with zero attached hydrogens (tertiary/aromatic N) is 1. The third-order valence-corrected chi connectivity index (χ3v) is 4.57. The Morgan fingerprint density at radius 1 is 1.21 bits per heavy atom. The van der Waals surface area contributed by atoms with Gasteiger partial charge in [0.25, 0.3) is 0 Å². The van der Waals surface area contributed by atoms with Crippen LogP contribution in [0.15, 0.2) is 42.5 Å². The number of piperidine rings is 1. The predicted molar refractivity (Wildman–Crippen MR) is 91.4 cm³/mol. The zero-order chi connectivity index (χ0) is 16.9. The number of benzene rings is 2. The molecule has 2 aromatic carbocycles. The average Bonchev–Trinajstić information content (AvgIpc) is 2.62. The Hall–Kier alpha value is -2.38. The monoisotopic (exact) mass is 324 g/mol. The Balaban J connectivity index is 1.82. The molecule has 1 fully saturated rings. The van der Waals surface area contributed by atoms with Crippen molar-refractivity contribution in [3.63, 3.8) is 0 Å². The highest BCUT2D eigenvalue weighted by Gasteiger charge is 2.21. The van der Waals surface area contributed by atoms with Crippen LogP contribution in [-0.2, 0) is 0 Å². The van der Waals surface area contributed by atoms with Gasteiger partial charge in [-0.2, -0.15) is 5.26 Å². The average molecular weight is 324 g/mol. The molecule has 1 aliphatic rings. The number of ether oxygens (including phenoxy) is 1. The number of halogens is 1. The minimum atomic E-state index is -0.416. The van der Waals surface area contributed by atoms with Crippen LogP contribution in [0.4, 0.5) is 4.39 Å². The van der Waals surface area contributed by atoms with Crippen molar-refractivity contribution >= 4 is 0 Å². The van der Waals surface area contributed by atoms with E-state index < -0.39 is 11.9 Å². The number of hydrogen-bond acceptors (Lipinski definition) is 3. The zero-order valence-electron chi connectivity index (χ0n) is 13.8. The molecule has 0 bridgehead atoms. The van der Waals surface area contributed by atoms with Crippen molar-refractivity contribution in [2.75, 3.05) is 13.1 Å². The summed E-state index contributed by atoms with van der Waals surface area (Å²) in [6.45, 7) is 3.86. The van der Waals surface area contributed by atoms with Gasteiger partial charge in [-0.3, -0.25) is 0 Å². The SMILES string of the molecule is CC(Oc1ccccc1C1CCNCC1)c1ccc(C#N)cc1F. The molecule has 0 aromatic heterocycles. The molecule has 3 rings (SSSR count). The molecule has 0 radical (unpaired) electrons. The fourth-order valence-corrected chi connectivity index (χ4v) is 3.24. The molecule has 0 saturated carbocycles. The molecule has 1 heterocycles. The Morgan fingerprint density at radius 2 is 1.96 bits per heavy atom. The lowest BCUT2D eigenvalue weighted by molar-refractivity contribution is 0.217. The molecule has 1 N–H and O–H groups in total. The fraction of sp³-hybridized carbons (Fsp3) is 0.350. The number of nitrogens with one attached hydrogen (secondary N) is 1. The molecule has 0 spiro atoms. The largest absolute Gasteiger partial charge is 0.486 e. The zero-order valence-corrected chi connectivity index (χ0v) is 13.8. The lowest BCUT2D eigenvalue weighted by atomic mass is 9.89. The summed E-state index contributed by atoms with van der Waals surface area (Å²) in [7, 11) is 0. The fourth-order valence-electron chi connectivity index (χ4n) is 3.24. The molecular formula is C20H21FN2O. The van der Waals surface area contributed by atoms with Crippen LogP contribution in [-0.4, -0.2) is 13.1 Å². The topological polar surface area (TPSA) is 45.0 Å². The Bertz CT molecular complexity index is 748. The summed E-state index contributed by atoms with van der Waals surface area (Å²) in [5, 5.41) is 12.2. The summed E-state index contributed by atoms with van der Waals surface area (Å²) in [6.07, 6.45) is 1.75. The van der Waals surface area contributed by atoms with Gasteiger partial charge in [0.05, 0.1) is 11.6 Å². The molecule has 3 nitrogen and oxygen atoms in total. The highest BCUT2D eigenvalue weighted by molar-refractivity contribution is 5.38. The first-order valence-electron chi connectivity index (χ1n) is 8.35. The first kappa shape index (κ1) is 16.5. The summed E-state index contributed by atoms with van der Waals surface area (Å²) in [4.78, 5) is 0. The Labute approximate surface area is 142 Å². The summed E-state index contributed by atoms with van der Waals surface area (Å²) < 4.78 is 20.3. The Kier molecular flexibility index (Phi) is 5.12. The van der Waals surface area contributed by atoms with Crippen molar-refractivity contribution < 1.29 is 9.13 Å². The van der Waals surface area contributed by atoms with Crippen molar-refractivity contribution in [1.82, 2.24) is 5.32 Å². The van der Waals surface area contributed by atoms with Gasteiger partial charge < -0.3 is 10.1 Å². The summed E-state index contributed by atoms with van der Waals surface area (Å²) >= 11 is 0. The van der Waals surface area contributed by atoms with Crippen LogP contribution in [0.2, 0.25) is 0 Å². The highest BCUT2D eigenvalue weighted by atomic mass is 19.1. The summed E-state index contributed by atoms with van der Waals surface area (Å²) in [5.74, 6) is 0.891. The first-order valence-corrected chi connectivity index (χ1v) is 8.35. The van der Waals surface area contributed by atoms with E-state index in [9.17, 15) is 4.39 Å². The maximum Gasteiger partial charge on any atom is 0.131 e. The van der Waals surface area contributed by atoms with Gasteiger partial charge in [0.2, 0.25) is 0 Å². The quantitative estimate of drug-likeness (QED) is 0.912. The third kappa shape index (κ3) is 3.58. The van der Waals surface area contributed by atoms with Gasteiger partial charge in [0.15, 0.2) is 0 Å². The minimum absolute atomic E-state index is 0.318. The van der Waals surface area contributed by atoms with E-state index in [1.807, 2.05) is 31.2 Å². The molecule has 1 atom stereocenters. The van der Waals surface area contributed by atoms with Crippen molar-refractivity contribution in [1.29, 1.82) is 5.26 Å². The maximum absolute atomic E-state index is 14.2. The minimum Gasteiger partial charge on any atom is -0.486 e. The molecule has 0 aliphatic carbocycles. The lowest BCUT2D eigenvalue weighted by Gasteiger charge is -2.26. The second-order valence-electron chi connectivity index (χ2n) is 6.17. The predicted octanol–water partition coefficient (Wildman–Crippen LogP) is 4.30. The van der Waals surface area contributed by atoms with E-state index in [1.165, 1.54) is 11.6 Å². The summed E-state index contributed by atoms with van der Waals surface area (Å²) in [5.41, 5.74) is 1.98. The molecule has 1 aliphatic heterocycles. The van der Waals surface area contributed by atoms with Crippen molar-refractivity contribution in [2.45, 2.75) is 31.8 Å². The van der Waals surface area contributed by atoms with Crippen LogP contribution >= 0.6 is 0 Å². The van der Waals surface area contributed by atoms with Gasteiger partial charge >= 0.3 is 0 Å². The van der Waals surface area contributed by atoms with Crippen LogP contribution in [0, 0.1) is 17.1 Å². The van der Waals surface area contributed by atoms with E-state index >= 15 is 0 Å². The van der Waals surface area contributed by atoms with E-state index in [2.05, 4.69) is 11.4 Å². The van der Waals surface area contributed by atoms with Crippen molar-refractivity contribution in [3.8, 4) is 11.8 Å². The molecule has 2 aromatic rings. The van der Waals surface area contributed by atoms with Gasteiger partial charge in [0, 0.05) is 5.56 Å². The molecular weight excluding hydrogens is 303 g/mol. The van der Waals surface area contributed by atoms with Gasteiger partial charge in [-0.25, -0.2) is 4.39 Å². The molecule has 1 saturated heterocycles. The second-order valence-corrected chi connectivity index (χ2v) is 6.17. The van der Waals surface area contributed by atoms with E-state index in [4.69, 9.17) is 10.00 Å². The van der Waals surface area contributed by atoms with Crippen LogP contribution in [0.3, 0.4) is 0 Å². The molecule has 0 amide bonds. The van der Waals surface area contributed by atoms with Crippen molar-refractivity contribution in [2.24, 2.45) is 0 Å². The molecule has 1 unspecified atom stereocenters. The van der Waals surface area contributed by atoms with Crippen LogP contribution in [0.25, 0.3) is 0 Å². The van der Waals surface area contributed by atoms with E-state index in [1.54, 1.807) is 12.1 Å². The number of nitriles is 1. The number of rotatable bonds is 4. The summed E-state index contributed by atoms with van der Waals surface area (Å²) in [6, 6.07) is 14.5. The normalized spacial score (nSPS) is 16.4. The first-order chi connectivity index (χ1) is 11.7. The number of hydrogen-bond donors (Lipinski definition) is 1. The van der Waals surface area contributed by atoms with E-state index in [-0.39, 0.29) is 0 Å². The van der Waals surface area contributed by atoms with Gasteiger partial charge in [-0.05, 0) is 62.5 Å². The molecule has 24 heavy (non-hydrogen) atoms. The third-order valence-electron chi connectivity index (χ3n) is 4.57. The standard InChI is InChI=1S/C20H21FN2O/c1-14(17-7-6-15(13-22)12-19(17)21)24-20-5-3-2-4-18(20)16-8-10-23-11-9-16/h2-7,12,14,16,23H,8-11H2,1H3. The molecule has 4 heteroatoms. The van der Waals surface area contributed by atoms with Crippen LogP contribution < -0.4 is 10.1 Å². The Morgan fingerprint density at radius 3 is 2.67 bits per heavy atom. The molecule has 124 valence electrons. The van der Waals surface area contributed by atoms with Crippen LogP contribution in [0.1, 0.15) is 48.5 Å². The van der Waals surface area contributed by atoms with Crippen LogP contribution in [0.5, 0.6) is 5.75 Å². The smallest absolute Gasteiger partial charge is 0.131 e. The lowest BCUT2D eigenvalue weighted by Crippen LogP contribution is -2.26. The second kappa shape index (κ2) is 7.46. The maximum atomic E-state index is 14.2. The van der Waals surface area contributed by atoms with Gasteiger partial charge in [-0.1, -0.05) is 24.3 Å². The number of para-hydroxylation sites is 1.